The highest BCUT2D eigenvalue weighted by atomic mass is 16.2. The van der Waals surface area contributed by atoms with Crippen LogP contribution in [0.1, 0.15) is 43.0 Å². The van der Waals surface area contributed by atoms with Gasteiger partial charge >= 0.3 is 0 Å². The van der Waals surface area contributed by atoms with Gasteiger partial charge in [0.2, 0.25) is 0 Å². The Labute approximate surface area is 320 Å². The number of nitriles is 4. The zero-order valence-electron chi connectivity index (χ0n) is 29.4. The number of carbonyl (C=O) groups is 2. The van der Waals surface area contributed by atoms with E-state index < -0.39 is 11.8 Å². The SMILES string of the molecule is N#Cc1ccc(-c2ccc3c(c2)c2cc(-c4ccc(C#N)cc4C#N)ccc2n3-c2cccc3c2C(=O)N(c2ccc(-c4ccccc4)cc2)C3=O)c(C#N)c1. The second-order valence-electron chi connectivity index (χ2n) is 13.3. The first-order chi connectivity index (χ1) is 27.4. The first-order valence-corrected chi connectivity index (χ1v) is 17.6. The molecule has 1 aliphatic rings. The van der Waals surface area contributed by atoms with Crippen molar-refractivity contribution in [1.29, 1.82) is 21.0 Å². The average molecular weight is 717 g/mol. The van der Waals surface area contributed by atoms with E-state index in [1.165, 1.54) is 4.90 Å². The van der Waals surface area contributed by atoms with E-state index in [0.29, 0.717) is 44.8 Å². The number of hydrogen-bond donors (Lipinski definition) is 0. The number of hydrogen-bond acceptors (Lipinski definition) is 6. The van der Waals surface area contributed by atoms with Gasteiger partial charge in [-0.05, 0) is 106 Å². The molecule has 0 spiro atoms. The molecule has 0 bridgehead atoms. The first kappa shape index (κ1) is 33.3. The summed E-state index contributed by atoms with van der Waals surface area (Å²) in [4.78, 5) is 29.7. The summed E-state index contributed by atoms with van der Waals surface area (Å²) in [5, 5.41) is 40.6. The molecule has 0 fully saturated rings. The second kappa shape index (κ2) is 13.1. The number of anilines is 1. The van der Waals surface area contributed by atoms with Gasteiger partial charge in [-0.3, -0.25) is 9.59 Å². The molecule has 0 saturated carbocycles. The molecule has 0 aliphatic carbocycles. The minimum Gasteiger partial charge on any atom is -0.308 e. The maximum Gasteiger partial charge on any atom is 0.268 e. The van der Waals surface area contributed by atoms with Crippen LogP contribution in [0, 0.1) is 45.3 Å². The van der Waals surface area contributed by atoms with Gasteiger partial charge < -0.3 is 4.57 Å². The summed E-state index contributed by atoms with van der Waals surface area (Å²) >= 11 is 0. The third-order valence-corrected chi connectivity index (χ3v) is 10.3. The van der Waals surface area contributed by atoms with Crippen LogP contribution >= 0.6 is 0 Å². The Kier molecular flexibility index (Phi) is 7.81. The van der Waals surface area contributed by atoms with Crippen molar-refractivity contribution in [2.24, 2.45) is 0 Å². The van der Waals surface area contributed by atoms with Gasteiger partial charge in [-0.1, -0.05) is 72.8 Å². The average Bonchev–Trinajstić information content (AvgIpc) is 3.72. The number of rotatable bonds is 5. The summed E-state index contributed by atoms with van der Waals surface area (Å²) in [6.07, 6.45) is 0. The molecular weight excluding hydrogens is 693 g/mol. The molecule has 7 aromatic carbocycles. The van der Waals surface area contributed by atoms with Crippen molar-refractivity contribution >= 4 is 39.3 Å². The largest absolute Gasteiger partial charge is 0.308 e. The van der Waals surface area contributed by atoms with Gasteiger partial charge in [0, 0.05) is 10.8 Å². The van der Waals surface area contributed by atoms with E-state index >= 15 is 0 Å². The lowest BCUT2D eigenvalue weighted by Gasteiger charge is -2.15. The van der Waals surface area contributed by atoms with Gasteiger partial charge in [-0.2, -0.15) is 21.0 Å². The number of imide groups is 1. The van der Waals surface area contributed by atoms with Crippen molar-refractivity contribution in [3.63, 3.8) is 0 Å². The summed E-state index contributed by atoms with van der Waals surface area (Å²) in [5.74, 6) is -0.858. The molecule has 258 valence electrons. The van der Waals surface area contributed by atoms with Crippen LogP contribution in [0.2, 0.25) is 0 Å². The van der Waals surface area contributed by atoms with Crippen LogP contribution in [0.15, 0.2) is 146 Å². The van der Waals surface area contributed by atoms with Crippen molar-refractivity contribution < 1.29 is 9.59 Å². The molecule has 0 N–H and O–H groups in total. The second-order valence-corrected chi connectivity index (χ2v) is 13.3. The van der Waals surface area contributed by atoms with E-state index in [-0.39, 0.29) is 11.1 Å². The molecule has 8 heteroatoms. The fourth-order valence-electron chi connectivity index (χ4n) is 7.66. The fraction of sp³-hybridized carbons (Fsp3) is 0. The lowest BCUT2D eigenvalue weighted by Crippen LogP contribution is -2.29. The number of aromatic nitrogens is 1. The Morgan fingerprint density at radius 2 is 0.964 bits per heavy atom. The Hall–Kier alpha value is -8.56. The van der Waals surface area contributed by atoms with Crippen LogP contribution in [-0.4, -0.2) is 16.4 Å². The monoisotopic (exact) mass is 716 g/mol. The zero-order valence-corrected chi connectivity index (χ0v) is 29.4. The van der Waals surface area contributed by atoms with E-state index in [0.717, 1.165) is 44.1 Å². The van der Waals surface area contributed by atoms with Crippen LogP contribution < -0.4 is 4.90 Å². The highest BCUT2D eigenvalue weighted by molar-refractivity contribution is 6.35. The normalized spacial score (nSPS) is 11.9. The van der Waals surface area contributed by atoms with Crippen LogP contribution in [0.4, 0.5) is 5.69 Å². The predicted molar refractivity (Wildman–Crippen MR) is 214 cm³/mol. The smallest absolute Gasteiger partial charge is 0.268 e. The van der Waals surface area contributed by atoms with E-state index in [1.807, 2.05) is 89.5 Å². The molecule has 8 nitrogen and oxygen atoms in total. The number of benzene rings is 7. The van der Waals surface area contributed by atoms with E-state index in [4.69, 9.17) is 0 Å². The number of carbonyl (C=O) groups excluding carboxylic acids is 2. The van der Waals surface area contributed by atoms with Gasteiger partial charge in [0.15, 0.2) is 0 Å². The number of nitrogens with zero attached hydrogens (tertiary/aromatic N) is 6. The summed E-state index contributed by atoms with van der Waals surface area (Å²) in [5.41, 5.74) is 9.27. The van der Waals surface area contributed by atoms with Crippen molar-refractivity contribution in [1.82, 2.24) is 4.57 Å². The highest BCUT2D eigenvalue weighted by Crippen LogP contribution is 2.41. The van der Waals surface area contributed by atoms with Gasteiger partial charge in [0.05, 0.1) is 80.1 Å². The summed E-state index contributed by atoms with van der Waals surface area (Å²) in [7, 11) is 0. The molecule has 2 heterocycles. The third-order valence-electron chi connectivity index (χ3n) is 10.3. The third kappa shape index (κ3) is 5.19. The fourth-order valence-corrected chi connectivity index (χ4v) is 7.66. The van der Waals surface area contributed by atoms with Gasteiger partial charge in [0.25, 0.3) is 11.8 Å². The maximum atomic E-state index is 14.5. The molecule has 1 aromatic heterocycles. The van der Waals surface area contributed by atoms with Gasteiger partial charge in [-0.15, -0.1) is 0 Å². The number of fused-ring (bicyclic) bond motifs is 4. The van der Waals surface area contributed by atoms with Crippen LogP contribution in [0.3, 0.4) is 0 Å². The Morgan fingerprint density at radius 3 is 1.50 bits per heavy atom. The van der Waals surface area contributed by atoms with E-state index in [1.54, 1.807) is 60.7 Å². The zero-order chi connectivity index (χ0) is 38.5. The Morgan fingerprint density at radius 1 is 0.429 bits per heavy atom. The number of amides is 2. The molecule has 0 radical (unpaired) electrons. The maximum absolute atomic E-state index is 14.5. The van der Waals surface area contributed by atoms with Crippen molar-refractivity contribution in [3.8, 4) is 63.3 Å². The summed E-state index contributed by atoms with van der Waals surface area (Å²) < 4.78 is 1.97. The van der Waals surface area contributed by atoms with Crippen LogP contribution in [0.5, 0.6) is 0 Å². The minimum absolute atomic E-state index is 0.273. The molecule has 0 unspecified atom stereocenters. The molecule has 56 heavy (non-hydrogen) atoms. The lowest BCUT2D eigenvalue weighted by atomic mass is 9.95. The quantitative estimate of drug-likeness (QED) is 0.163. The molecule has 0 atom stereocenters. The Bertz CT molecular complexity index is 3040. The first-order valence-electron chi connectivity index (χ1n) is 17.6. The van der Waals surface area contributed by atoms with E-state index in [9.17, 15) is 30.6 Å². The molecular formula is C48H24N6O2. The molecule has 2 amide bonds. The Balaban J connectivity index is 1.24. The van der Waals surface area contributed by atoms with Gasteiger partial charge in [-0.25, -0.2) is 4.90 Å². The van der Waals surface area contributed by atoms with E-state index in [2.05, 4.69) is 24.3 Å². The van der Waals surface area contributed by atoms with Crippen molar-refractivity contribution in [2.75, 3.05) is 4.90 Å². The molecule has 0 saturated heterocycles. The summed E-state index contributed by atoms with van der Waals surface area (Å²) in [6.45, 7) is 0. The van der Waals surface area contributed by atoms with Crippen LogP contribution in [0.25, 0.3) is 60.9 Å². The molecule has 8 aromatic rings. The topological polar surface area (TPSA) is 137 Å². The lowest BCUT2D eigenvalue weighted by molar-refractivity contribution is 0.0926. The summed E-state index contributed by atoms with van der Waals surface area (Å²) in [6, 6.07) is 52.7. The van der Waals surface area contributed by atoms with Crippen molar-refractivity contribution in [3.05, 3.63) is 179 Å². The molecule has 9 rings (SSSR count). The van der Waals surface area contributed by atoms with Crippen molar-refractivity contribution in [2.45, 2.75) is 0 Å². The predicted octanol–water partition coefficient (Wildman–Crippen LogP) is 10.1. The molecule has 1 aliphatic heterocycles. The standard InChI is InChI=1S/C48H24N6O2/c49-25-29-9-17-38(35(21-29)27-51)33-13-19-43-41(23-33)42-24-34(39-18-10-30(26-50)22-36(39)28-52)14-20-44(42)54(43)45-8-4-7-40-46(45)48(56)53(47(40)55)37-15-11-32(12-16-37)31-5-2-1-3-6-31/h1-24H. The van der Waals surface area contributed by atoms with Gasteiger partial charge in [0.1, 0.15) is 0 Å². The highest BCUT2D eigenvalue weighted by Gasteiger charge is 2.39. The van der Waals surface area contributed by atoms with Crippen LogP contribution in [-0.2, 0) is 0 Å². The minimum atomic E-state index is -0.441.